The van der Waals surface area contributed by atoms with Crippen LogP contribution in [-0.4, -0.2) is 18.2 Å². The third kappa shape index (κ3) is 3.36. The molecular weight excluding hydrogens is 330 g/mol. The monoisotopic (exact) mass is 343 g/mol. The summed E-state index contributed by atoms with van der Waals surface area (Å²) in [5.41, 5.74) is 1.49. The Balaban J connectivity index is 2.21. The summed E-state index contributed by atoms with van der Waals surface area (Å²) in [5.74, 6) is 0. The molecule has 19 heavy (non-hydrogen) atoms. The van der Waals surface area contributed by atoms with E-state index in [0.29, 0.717) is 17.6 Å². The van der Waals surface area contributed by atoms with Crippen LogP contribution in [0.4, 0.5) is 5.69 Å². The van der Waals surface area contributed by atoms with E-state index in [1.54, 1.807) is 35.1 Å². The number of halogens is 1. The fraction of sp³-hybridized carbons (Fsp3) is 0.250. The van der Waals surface area contributed by atoms with Crippen LogP contribution in [-0.2, 0) is 21.9 Å². The molecular formula is C12H14BrN3O2S. The van der Waals surface area contributed by atoms with Crippen LogP contribution < -0.4 is 4.72 Å². The molecule has 0 unspecified atom stereocenters. The van der Waals surface area contributed by atoms with Gasteiger partial charge in [0.05, 0.1) is 16.8 Å². The molecule has 0 saturated heterocycles. The van der Waals surface area contributed by atoms with Crippen LogP contribution in [0.2, 0.25) is 0 Å². The van der Waals surface area contributed by atoms with Crippen LogP contribution in [0, 0.1) is 0 Å². The van der Waals surface area contributed by atoms with E-state index >= 15 is 0 Å². The molecule has 0 radical (unpaired) electrons. The van der Waals surface area contributed by atoms with Crippen LogP contribution in [0.5, 0.6) is 0 Å². The Kier molecular flexibility index (Phi) is 4.26. The van der Waals surface area contributed by atoms with Gasteiger partial charge in [0.1, 0.15) is 0 Å². The van der Waals surface area contributed by atoms with Gasteiger partial charge in [-0.1, -0.05) is 28.1 Å². The number of rotatable bonds is 5. The lowest BCUT2D eigenvalue weighted by Gasteiger charge is -2.06. The van der Waals surface area contributed by atoms with E-state index in [1.165, 1.54) is 6.20 Å². The van der Waals surface area contributed by atoms with E-state index in [0.717, 1.165) is 5.56 Å². The fourth-order valence-electron chi connectivity index (χ4n) is 1.56. The van der Waals surface area contributed by atoms with Crippen LogP contribution in [0.3, 0.4) is 0 Å². The van der Waals surface area contributed by atoms with Crippen molar-refractivity contribution in [2.24, 2.45) is 0 Å². The van der Waals surface area contributed by atoms with Crippen molar-refractivity contribution in [3.8, 4) is 0 Å². The summed E-state index contributed by atoms with van der Waals surface area (Å²) in [6.45, 7) is 2.63. The van der Waals surface area contributed by atoms with Crippen LogP contribution in [0.1, 0.15) is 12.5 Å². The molecule has 0 fully saturated rings. The molecule has 0 aliphatic heterocycles. The Hall–Kier alpha value is -1.34. The SMILES string of the molecule is CCn1cc(NS(=O)(=O)c2ccc(CBr)cc2)cn1. The number of alkyl halides is 1. The Morgan fingerprint density at radius 3 is 2.53 bits per heavy atom. The van der Waals surface area contributed by atoms with Gasteiger partial charge < -0.3 is 0 Å². The van der Waals surface area contributed by atoms with Crippen molar-refractivity contribution in [2.75, 3.05) is 4.72 Å². The molecule has 0 amide bonds. The van der Waals surface area contributed by atoms with Crippen molar-refractivity contribution in [3.05, 3.63) is 42.2 Å². The molecule has 0 atom stereocenters. The summed E-state index contributed by atoms with van der Waals surface area (Å²) in [7, 11) is -3.55. The smallest absolute Gasteiger partial charge is 0.261 e. The van der Waals surface area contributed by atoms with Crippen molar-refractivity contribution in [1.29, 1.82) is 0 Å². The first-order chi connectivity index (χ1) is 9.05. The van der Waals surface area contributed by atoms with Crippen molar-refractivity contribution in [3.63, 3.8) is 0 Å². The lowest BCUT2D eigenvalue weighted by atomic mass is 10.2. The summed E-state index contributed by atoms with van der Waals surface area (Å²) in [6, 6.07) is 6.73. The van der Waals surface area contributed by atoms with Gasteiger partial charge in [-0.05, 0) is 24.6 Å². The molecule has 5 nitrogen and oxygen atoms in total. The van der Waals surface area contributed by atoms with Crippen LogP contribution >= 0.6 is 15.9 Å². The molecule has 0 aliphatic carbocycles. The van der Waals surface area contributed by atoms with Gasteiger partial charge in [-0.25, -0.2) is 8.42 Å². The third-order valence-electron chi connectivity index (χ3n) is 2.60. The number of hydrogen-bond acceptors (Lipinski definition) is 3. The minimum Gasteiger partial charge on any atom is -0.276 e. The molecule has 102 valence electrons. The summed E-state index contributed by atoms with van der Waals surface area (Å²) in [6.07, 6.45) is 3.15. The van der Waals surface area contributed by atoms with E-state index in [2.05, 4.69) is 25.8 Å². The van der Waals surface area contributed by atoms with Crippen LogP contribution in [0.15, 0.2) is 41.6 Å². The summed E-state index contributed by atoms with van der Waals surface area (Å²) >= 11 is 3.32. The lowest BCUT2D eigenvalue weighted by Crippen LogP contribution is -2.12. The first-order valence-electron chi connectivity index (χ1n) is 5.75. The van der Waals surface area contributed by atoms with Crippen molar-refractivity contribution >= 4 is 31.6 Å². The highest BCUT2D eigenvalue weighted by atomic mass is 79.9. The summed E-state index contributed by atoms with van der Waals surface area (Å²) in [4.78, 5) is 0.237. The number of nitrogens with one attached hydrogen (secondary N) is 1. The number of aromatic nitrogens is 2. The van der Waals surface area contributed by atoms with Gasteiger partial charge in [-0.2, -0.15) is 5.10 Å². The standard InChI is InChI=1S/C12H14BrN3O2S/c1-2-16-9-11(8-14-16)15-19(17,18)12-5-3-10(7-13)4-6-12/h3-6,8-9,15H,2,7H2,1H3. The molecule has 0 saturated carbocycles. The van der Waals surface area contributed by atoms with Crippen molar-refractivity contribution in [1.82, 2.24) is 9.78 Å². The predicted molar refractivity (Wildman–Crippen MR) is 77.8 cm³/mol. The van der Waals surface area contributed by atoms with Crippen LogP contribution in [0.25, 0.3) is 0 Å². The highest BCUT2D eigenvalue weighted by Gasteiger charge is 2.14. The second-order valence-corrected chi connectivity index (χ2v) is 6.21. The normalized spacial score (nSPS) is 11.5. The maximum atomic E-state index is 12.1. The van der Waals surface area contributed by atoms with Gasteiger partial charge in [0.2, 0.25) is 0 Å². The molecule has 0 aliphatic rings. The van der Waals surface area contributed by atoms with E-state index in [4.69, 9.17) is 0 Å². The maximum Gasteiger partial charge on any atom is 0.261 e. The van der Waals surface area contributed by atoms with E-state index in [9.17, 15) is 8.42 Å². The Bertz CT molecular complexity index is 650. The summed E-state index contributed by atoms with van der Waals surface area (Å²) in [5, 5.41) is 4.72. The number of aryl methyl sites for hydroxylation is 1. The molecule has 1 N–H and O–H groups in total. The van der Waals surface area contributed by atoms with Gasteiger partial charge in [0, 0.05) is 18.1 Å². The average Bonchev–Trinajstić information content (AvgIpc) is 2.85. The van der Waals surface area contributed by atoms with Crippen molar-refractivity contribution in [2.45, 2.75) is 23.7 Å². The zero-order valence-electron chi connectivity index (χ0n) is 10.4. The zero-order chi connectivity index (χ0) is 13.9. The van der Waals surface area contributed by atoms with Gasteiger partial charge >= 0.3 is 0 Å². The number of benzene rings is 1. The van der Waals surface area contributed by atoms with Gasteiger partial charge in [-0.3, -0.25) is 9.40 Å². The molecule has 2 aromatic rings. The molecule has 0 spiro atoms. The lowest BCUT2D eigenvalue weighted by molar-refractivity contribution is 0.601. The minimum atomic E-state index is -3.55. The first-order valence-corrected chi connectivity index (χ1v) is 8.36. The highest BCUT2D eigenvalue weighted by Crippen LogP contribution is 2.16. The molecule has 1 aromatic carbocycles. The molecule has 0 bridgehead atoms. The van der Waals surface area contributed by atoms with Gasteiger partial charge in [0.15, 0.2) is 0 Å². The topological polar surface area (TPSA) is 64.0 Å². The number of nitrogens with zero attached hydrogens (tertiary/aromatic N) is 2. The van der Waals surface area contributed by atoms with Crippen molar-refractivity contribution < 1.29 is 8.42 Å². The Morgan fingerprint density at radius 1 is 1.32 bits per heavy atom. The van der Waals surface area contributed by atoms with Gasteiger partial charge in [0.25, 0.3) is 10.0 Å². The molecule has 1 heterocycles. The second kappa shape index (κ2) is 5.75. The fourth-order valence-corrected chi connectivity index (χ4v) is 2.96. The first kappa shape index (κ1) is 14.1. The highest BCUT2D eigenvalue weighted by molar-refractivity contribution is 9.08. The Morgan fingerprint density at radius 2 is 2.00 bits per heavy atom. The molecule has 1 aromatic heterocycles. The third-order valence-corrected chi connectivity index (χ3v) is 4.64. The number of hydrogen-bond donors (Lipinski definition) is 1. The van der Waals surface area contributed by atoms with E-state index in [1.807, 2.05) is 6.92 Å². The number of anilines is 1. The zero-order valence-corrected chi connectivity index (χ0v) is 12.8. The van der Waals surface area contributed by atoms with E-state index < -0.39 is 10.0 Å². The van der Waals surface area contributed by atoms with Gasteiger partial charge in [-0.15, -0.1) is 0 Å². The predicted octanol–water partition coefficient (Wildman–Crippen LogP) is 2.60. The molecule has 7 heteroatoms. The molecule has 2 rings (SSSR count). The maximum absolute atomic E-state index is 12.1. The summed E-state index contributed by atoms with van der Waals surface area (Å²) < 4.78 is 28.4. The van der Waals surface area contributed by atoms with E-state index in [-0.39, 0.29) is 4.90 Å². The quantitative estimate of drug-likeness (QED) is 0.848. The Labute approximate surface area is 120 Å². The average molecular weight is 344 g/mol. The largest absolute Gasteiger partial charge is 0.276 e. The minimum absolute atomic E-state index is 0.237. The second-order valence-electron chi connectivity index (χ2n) is 3.97. The number of sulfonamides is 1.